The normalized spacial score (nSPS) is 16.1. The molecule has 0 saturated carbocycles. The molecule has 1 aliphatic rings. The van der Waals surface area contributed by atoms with E-state index in [1.807, 2.05) is 11.9 Å². The molecule has 0 amide bonds. The molecular formula is C21H26N2O3. The first-order valence-corrected chi connectivity index (χ1v) is 8.96. The summed E-state index contributed by atoms with van der Waals surface area (Å²) < 4.78 is 6.33. The molecule has 0 aliphatic carbocycles. The van der Waals surface area contributed by atoms with Gasteiger partial charge in [-0.2, -0.15) is 0 Å². The Hall–Kier alpha value is -2.37. The summed E-state index contributed by atoms with van der Waals surface area (Å²) in [7, 11) is 4.03. The number of ether oxygens (including phenoxy) is 1. The predicted molar refractivity (Wildman–Crippen MR) is 103 cm³/mol. The number of nitrogens with zero attached hydrogens (tertiary/aromatic N) is 2. The van der Waals surface area contributed by atoms with E-state index < -0.39 is 5.97 Å². The Kier molecular flexibility index (Phi) is 5.91. The summed E-state index contributed by atoms with van der Waals surface area (Å²) in [5.74, 6) is -0.771. The lowest BCUT2D eigenvalue weighted by Crippen LogP contribution is -2.26. The summed E-state index contributed by atoms with van der Waals surface area (Å²) in [6.07, 6.45) is 0.0383. The minimum absolute atomic E-state index is 0.111. The maximum atomic E-state index is 10.7. The summed E-state index contributed by atoms with van der Waals surface area (Å²) in [5, 5.41) is 8.80. The Morgan fingerprint density at radius 2 is 1.85 bits per heavy atom. The molecule has 0 radical (unpaired) electrons. The molecule has 0 saturated heterocycles. The van der Waals surface area contributed by atoms with Gasteiger partial charge in [-0.05, 0) is 24.2 Å². The number of likely N-dealkylation sites (N-methyl/N-ethyl adjacent to an activating group) is 1. The third kappa shape index (κ3) is 4.23. The van der Waals surface area contributed by atoms with Gasteiger partial charge in [-0.15, -0.1) is 0 Å². The van der Waals surface area contributed by atoms with Gasteiger partial charge in [0.25, 0.3) is 0 Å². The van der Waals surface area contributed by atoms with E-state index in [2.05, 4.69) is 60.5 Å². The number of anilines is 1. The minimum Gasteiger partial charge on any atom is -0.481 e. The number of benzene rings is 2. The zero-order chi connectivity index (χ0) is 18.5. The lowest BCUT2D eigenvalue weighted by molar-refractivity contribution is -0.137. The molecule has 1 atom stereocenters. The van der Waals surface area contributed by atoms with Gasteiger partial charge in [-0.1, -0.05) is 42.5 Å². The van der Waals surface area contributed by atoms with Gasteiger partial charge in [0.1, 0.15) is 6.10 Å². The molecule has 26 heavy (non-hydrogen) atoms. The standard InChI is InChI=1S/C21H26N2O3/c1-22(12-11-20(24)25)13-14-26-21-17-8-4-3-7-16(17)15-23(2)19-10-6-5-9-18(19)21/h3-10,21H,11-15H2,1-2H3,(H,24,25). The summed E-state index contributed by atoms with van der Waals surface area (Å²) in [6, 6.07) is 16.8. The average molecular weight is 354 g/mol. The highest BCUT2D eigenvalue weighted by Gasteiger charge is 2.26. The molecule has 1 aliphatic heterocycles. The fraction of sp³-hybridized carbons (Fsp3) is 0.381. The van der Waals surface area contributed by atoms with Crippen LogP contribution in [0, 0.1) is 0 Å². The maximum absolute atomic E-state index is 10.7. The Bertz CT molecular complexity index is 762. The van der Waals surface area contributed by atoms with Crippen molar-refractivity contribution in [2.45, 2.75) is 19.1 Å². The first-order chi connectivity index (χ1) is 12.6. The fourth-order valence-electron chi connectivity index (χ4n) is 3.40. The molecule has 1 unspecified atom stereocenters. The van der Waals surface area contributed by atoms with Crippen LogP contribution >= 0.6 is 0 Å². The van der Waals surface area contributed by atoms with E-state index >= 15 is 0 Å². The van der Waals surface area contributed by atoms with Crippen molar-refractivity contribution < 1.29 is 14.6 Å². The van der Waals surface area contributed by atoms with E-state index in [4.69, 9.17) is 9.84 Å². The highest BCUT2D eigenvalue weighted by molar-refractivity contribution is 5.66. The molecule has 2 aromatic carbocycles. The number of rotatable bonds is 7. The van der Waals surface area contributed by atoms with Crippen molar-refractivity contribution in [2.75, 3.05) is 38.7 Å². The van der Waals surface area contributed by atoms with Crippen LogP contribution in [0.1, 0.15) is 29.2 Å². The number of para-hydroxylation sites is 1. The number of carboxylic acids is 1. The van der Waals surface area contributed by atoms with Gasteiger partial charge < -0.3 is 19.6 Å². The van der Waals surface area contributed by atoms with Crippen LogP contribution in [0.3, 0.4) is 0 Å². The van der Waals surface area contributed by atoms with Crippen molar-refractivity contribution >= 4 is 11.7 Å². The first-order valence-electron chi connectivity index (χ1n) is 8.96. The van der Waals surface area contributed by atoms with Crippen LogP contribution in [-0.2, 0) is 16.1 Å². The molecule has 3 rings (SSSR count). The van der Waals surface area contributed by atoms with Crippen LogP contribution in [0.5, 0.6) is 0 Å². The SMILES string of the molecule is CN(CCOC1c2ccccc2CN(C)c2ccccc21)CCC(=O)O. The Morgan fingerprint density at radius 1 is 1.15 bits per heavy atom. The van der Waals surface area contributed by atoms with E-state index in [0.29, 0.717) is 19.7 Å². The summed E-state index contributed by atoms with van der Waals surface area (Å²) in [4.78, 5) is 15.0. The van der Waals surface area contributed by atoms with Crippen molar-refractivity contribution in [1.82, 2.24) is 4.90 Å². The van der Waals surface area contributed by atoms with Crippen LogP contribution in [0.15, 0.2) is 48.5 Å². The van der Waals surface area contributed by atoms with Crippen molar-refractivity contribution in [3.05, 3.63) is 65.2 Å². The second kappa shape index (κ2) is 8.34. The second-order valence-corrected chi connectivity index (χ2v) is 6.81. The van der Waals surface area contributed by atoms with Gasteiger partial charge in [0.2, 0.25) is 0 Å². The van der Waals surface area contributed by atoms with Crippen LogP contribution in [0.4, 0.5) is 5.69 Å². The number of hydrogen-bond donors (Lipinski definition) is 1. The van der Waals surface area contributed by atoms with E-state index in [0.717, 1.165) is 6.54 Å². The minimum atomic E-state index is -0.771. The van der Waals surface area contributed by atoms with E-state index in [9.17, 15) is 4.79 Å². The van der Waals surface area contributed by atoms with Crippen LogP contribution in [0.25, 0.3) is 0 Å². The van der Waals surface area contributed by atoms with Crippen molar-refractivity contribution in [2.24, 2.45) is 0 Å². The van der Waals surface area contributed by atoms with Gasteiger partial charge in [-0.3, -0.25) is 4.79 Å². The second-order valence-electron chi connectivity index (χ2n) is 6.81. The Labute approximate surface area is 154 Å². The van der Waals surface area contributed by atoms with Gasteiger partial charge in [-0.25, -0.2) is 0 Å². The maximum Gasteiger partial charge on any atom is 0.304 e. The van der Waals surface area contributed by atoms with Gasteiger partial charge in [0.15, 0.2) is 0 Å². The third-order valence-corrected chi connectivity index (χ3v) is 4.84. The lowest BCUT2D eigenvalue weighted by Gasteiger charge is -2.23. The molecule has 1 N–H and O–H groups in total. The topological polar surface area (TPSA) is 53.0 Å². The number of aliphatic carboxylic acids is 1. The van der Waals surface area contributed by atoms with E-state index in [-0.39, 0.29) is 12.5 Å². The van der Waals surface area contributed by atoms with Crippen molar-refractivity contribution in [3.8, 4) is 0 Å². The van der Waals surface area contributed by atoms with E-state index in [1.165, 1.54) is 22.4 Å². The first kappa shape index (κ1) is 18.4. The Morgan fingerprint density at radius 3 is 2.62 bits per heavy atom. The van der Waals surface area contributed by atoms with E-state index in [1.54, 1.807) is 0 Å². The Balaban J connectivity index is 1.77. The van der Waals surface area contributed by atoms with Crippen LogP contribution in [0.2, 0.25) is 0 Å². The molecule has 0 aromatic heterocycles. The van der Waals surface area contributed by atoms with Crippen LogP contribution < -0.4 is 4.90 Å². The molecule has 2 aromatic rings. The monoisotopic (exact) mass is 354 g/mol. The fourth-order valence-corrected chi connectivity index (χ4v) is 3.40. The number of carboxylic acid groups (broad SMARTS) is 1. The summed E-state index contributed by atoms with van der Waals surface area (Å²) >= 11 is 0. The number of carbonyl (C=O) groups is 1. The highest BCUT2D eigenvalue weighted by Crippen LogP contribution is 2.38. The van der Waals surface area contributed by atoms with Crippen LogP contribution in [-0.4, -0.2) is 49.8 Å². The zero-order valence-corrected chi connectivity index (χ0v) is 15.4. The molecular weight excluding hydrogens is 328 g/mol. The molecule has 0 spiro atoms. The third-order valence-electron chi connectivity index (χ3n) is 4.84. The molecule has 0 bridgehead atoms. The van der Waals surface area contributed by atoms with Crippen molar-refractivity contribution in [1.29, 1.82) is 0 Å². The highest BCUT2D eigenvalue weighted by atomic mass is 16.5. The predicted octanol–water partition coefficient (Wildman–Crippen LogP) is 3.15. The largest absolute Gasteiger partial charge is 0.481 e. The summed E-state index contributed by atoms with van der Waals surface area (Å²) in [6.45, 7) is 2.63. The lowest BCUT2D eigenvalue weighted by atomic mass is 9.97. The summed E-state index contributed by atoms with van der Waals surface area (Å²) in [5.41, 5.74) is 4.84. The molecule has 138 valence electrons. The van der Waals surface area contributed by atoms with Gasteiger partial charge in [0, 0.05) is 37.9 Å². The van der Waals surface area contributed by atoms with Crippen molar-refractivity contribution in [3.63, 3.8) is 0 Å². The van der Waals surface area contributed by atoms with Gasteiger partial charge >= 0.3 is 5.97 Å². The number of fused-ring (bicyclic) bond motifs is 2. The molecule has 0 fully saturated rings. The molecule has 1 heterocycles. The smallest absolute Gasteiger partial charge is 0.304 e. The average Bonchev–Trinajstić information content (AvgIpc) is 2.75. The quantitative estimate of drug-likeness (QED) is 0.828. The molecule has 5 heteroatoms. The molecule has 5 nitrogen and oxygen atoms in total. The van der Waals surface area contributed by atoms with Gasteiger partial charge in [0.05, 0.1) is 13.0 Å². The zero-order valence-electron chi connectivity index (χ0n) is 15.4. The number of hydrogen-bond acceptors (Lipinski definition) is 4.